The van der Waals surface area contributed by atoms with Crippen LogP contribution in [0.1, 0.15) is 18.4 Å². The maximum Gasteiger partial charge on any atom is 0.266 e. The van der Waals surface area contributed by atoms with E-state index in [1.54, 1.807) is 18.2 Å². The second kappa shape index (κ2) is 9.32. The van der Waals surface area contributed by atoms with Crippen molar-refractivity contribution in [1.82, 2.24) is 4.90 Å². The lowest BCUT2D eigenvalue weighted by Crippen LogP contribution is -2.29. The molecule has 0 saturated carbocycles. The smallest absolute Gasteiger partial charge is 0.266 e. The third kappa shape index (κ3) is 5.41. The van der Waals surface area contributed by atoms with Gasteiger partial charge in [-0.15, -0.1) is 0 Å². The Kier molecular flexibility index (Phi) is 6.83. The normalized spacial score (nSPS) is 15.4. The first kappa shape index (κ1) is 20.5. The molecule has 1 saturated heterocycles. The Morgan fingerprint density at radius 2 is 1.86 bits per heavy atom. The van der Waals surface area contributed by atoms with Crippen molar-refractivity contribution < 1.29 is 14.0 Å². The highest BCUT2D eigenvalue weighted by Crippen LogP contribution is 2.32. The van der Waals surface area contributed by atoms with Gasteiger partial charge in [0.05, 0.1) is 4.91 Å². The fourth-order valence-corrected chi connectivity index (χ4v) is 3.99. The zero-order chi connectivity index (χ0) is 20.1. The molecule has 2 amide bonds. The zero-order valence-electron chi connectivity index (χ0n) is 14.7. The highest BCUT2D eigenvalue weighted by atomic mass is 35.5. The summed E-state index contributed by atoms with van der Waals surface area (Å²) in [6, 6.07) is 12.7. The Bertz CT molecular complexity index is 930. The molecular formula is C20H16ClFN2O2S2. The van der Waals surface area contributed by atoms with Crippen molar-refractivity contribution in [2.75, 3.05) is 11.9 Å². The number of amides is 2. The molecule has 0 radical (unpaired) electrons. The third-order valence-corrected chi connectivity index (χ3v) is 5.58. The lowest BCUT2D eigenvalue weighted by Gasteiger charge is -2.14. The van der Waals surface area contributed by atoms with E-state index in [4.69, 9.17) is 23.8 Å². The Morgan fingerprint density at radius 1 is 1.18 bits per heavy atom. The molecule has 4 nitrogen and oxygen atoms in total. The van der Waals surface area contributed by atoms with Crippen LogP contribution in [0, 0.1) is 5.82 Å². The maximum absolute atomic E-state index is 12.9. The van der Waals surface area contributed by atoms with Gasteiger partial charge >= 0.3 is 0 Å². The molecule has 8 heteroatoms. The molecule has 0 atom stereocenters. The van der Waals surface area contributed by atoms with Crippen LogP contribution in [0.3, 0.4) is 0 Å². The van der Waals surface area contributed by atoms with Crippen LogP contribution in [0.4, 0.5) is 10.1 Å². The molecule has 28 heavy (non-hydrogen) atoms. The summed E-state index contributed by atoms with van der Waals surface area (Å²) in [5, 5.41) is 3.32. The number of anilines is 1. The Labute approximate surface area is 176 Å². The van der Waals surface area contributed by atoms with E-state index in [9.17, 15) is 14.0 Å². The van der Waals surface area contributed by atoms with Gasteiger partial charge in [-0.05, 0) is 54.5 Å². The minimum absolute atomic E-state index is 0.163. The summed E-state index contributed by atoms with van der Waals surface area (Å²) in [7, 11) is 0. The number of thiocarbonyl (C=S) groups is 1. The van der Waals surface area contributed by atoms with Gasteiger partial charge < -0.3 is 5.32 Å². The highest BCUT2D eigenvalue weighted by molar-refractivity contribution is 8.26. The number of halogens is 2. The van der Waals surface area contributed by atoms with Crippen LogP contribution in [0.2, 0.25) is 5.02 Å². The third-order valence-electron chi connectivity index (χ3n) is 3.95. The first-order valence-corrected chi connectivity index (χ1v) is 10.1. The molecule has 1 aliphatic heterocycles. The quantitative estimate of drug-likeness (QED) is 0.507. The van der Waals surface area contributed by atoms with Gasteiger partial charge in [-0.25, -0.2) is 4.39 Å². The molecule has 0 unspecified atom stereocenters. The average Bonchev–Trinajstić information content (AvgIpc) is 2.93. The SMILES string of the molecule is O=C(CCCN1C(=O)/C(=C/c2ccc(Cl)cc2)SC1=S)Nc1ccc(F)cc1. The number of nitrogens with one attached hydrogen (secondary N) is 1. The molecule has 1 fully saturated rings. The van der Waals surface area contributed by atoms with Crippen LogP contribution in [0.25, 0.3) is 6.08 Å². The molecule has 1 aliphatic rings. The molecule has 2 aromatic rings. The first-order valence-electron chi connectivity index (χ1n) is 8.49. The summed E-state index contributed by atoms with van der Waals surface area (Å²) in [5.74, 6) is -0.725. The molecule has 0 bridgehead atoms. The largest absolute Gasteiger partial charge is 0.326 e. The van der Waals surface area contributed by atoms with E-state index >= 15 is 0 Å². The Balaban J connectivity index is 1.52. The van der Waals surface area contributed by atoms with Crippen molar-refractivity contribution in [2.45, 2.75) is 12.8 Å². The van der Waals surface area contributed by atoms with Crippen molar-refractivity contribution >= 4 is 63.5 Å². The number of carbonyl (C=O) groups excluding carboxylic acids is 2. The number of rotatable bonds is 6. The standard InChI is InChI=1S/C20H16ClFN2O2S2/c21-14-5-3-13(4-6-14)12-17-19(26)24(20(27)28-17)11-1-2-18(25)23-16-9-7-15(22)8-10-16/h3-10,12H,1-2,11H2,(H,23,25)/b17-12-. The molecule has 3 rings (SSSR count). The fraction of sp³-hybridized carbons (Fsp3) is 0.150. The van der Waals surface area contributed by atoms with Crippen LogP contribution in [-0.2, 0) is 9.59 Å². The second-order valence-corrected chi connectivity index (χ2v) is 8.16. The second-order valence-electron chi connectivity index (χ2n) is 6.04. The number of carbonyl (C=O) groups is 2. The number of hydrogen-bond acceptors (Lipinski definition) is 4. The zero-order valence-corrected chi connectivity index (χ0v) is 17.0. The monoisotopic (exact) mass is 434 g/mol. The predicted octanol–water partition coefficient (Wildman–Crippen LogP) is 5.10. The van der Waals surface area contributed by atoms with E-state index in [1.165, 1.54) is 40.9 Å². The maximum atomic E-state index is 12.9. The summed E-state index contributed by atoms with van der Waals surface area (Å²) in [4.78, 5) is 26.6. The predicted molar refractivity (Wildman–Crippen MR) is 116 cm³/mol. The highest BCUT2D eigenvalue weighted by Gasteiger charge is 2.31. The summed E-state index contributed by atoms with van der Waals surface area (Å²) in [6.07, 6.45) is 2.47. The molecular weight excluding hydrogens is 419 g/mol. The molecule has 144 valence electrons. The topological polar surface area (TPSA) is 49.4 Å². The lowest BCUT2D eigenvalue weighted by atomic mass is 10.2. The van der Waals surface area contributed by atoms with Gasteiger partial charge in [-0.3, -0.25) is 14.5 Å². The van der Waals surface area contributed by atoms with E-state index in [-0.39, 0.29) is 24.1 Å². The summed E-state index contributed by atoms with van der Waals surface area (Å²) in [5.41, 5.74) is 1.39. The van der Waals surface area contributed by atoms with Crippen molar-refractivity contribution in [1.29, 1.82) is 0 Å². The van der Waals surface area contributed by atoms with Crippen LogP contribution in [0.15, 0.2) is 53.4 Å². The van der Waals surface area contributed by atoms with Gasteiger partial charge in [-0.2, -0.15) is 0 Å². The van der Waals surface area contributed by atoms with Crippen LogP contribution >= 0.6 is 35.6 Å². The first-order chi connectivity index (χ1) is 13.4. The van der Waals surface area contributed by atoms with Gasteiger partial charge in [0, 0.05) is 23.7 Å². The van der Waals surface area contributed by atoms with E-state index in [0.29, 0.717) is 32.9 Å². The number of thioether (sulfide) groups is 1. The molecule has 0 aliphatic carbocycles. The molecule has 2 aromatic carbocycles. The number of benzene rings is 2. The van der Waals surface area contributed by atoms with Gasteiger partial charge in [0.25, 0.3) is 5.91 Å². The lowest BCUT2D eigenvalue weighted by molar-refractivity contribution is -0.122. The average molecular weight is 435 g/mol. The number of nitrogens with zero attached hydrogens (tertiary/aromatic N) is 1. The number of hydrogen-bond donors (Lipinski definition) is 1. The van der Waals surface area contributed by atoms with E-state index in [0.717, 1.165) is 5.56 Å². The minimum atomic E-state index is -0.362. The van der Waals surface area contributed by atoms with E-state index < -0.39 is 0 Å². The molecule has 0 spiro atoms. The summed E-state index contributed by atoms with van der Waals surface area (Å²) < 4.78 is 13.4. The van der Waals surface area contributed by atoms with Crippen LogP contribution in [-0.4, -0.2) is 27.6 Å². The molecule has 1 N–H and O–H groups in total. The van der Waals surface area contributed by atoms with E-state index in [1.807, 2.05) is 12.1 Å². The van der Waals surface area contributed by atoms with Gasteiger partial charge in [-0.1, -0.05) is 47.7 Å². The Morgan fingerprint density at radius 3 is 2.54 bits per heavy atom. The Hall–Kier alpha value is -2.22. The van der Waals surface area contributed by atoms with Gasteiger partial charge in [0.2, 0.25) is 5.91 Å². The van der Waals surface area contributed by atoms with Crippen LogP contribution in [0.5, 0.6) is 0 Å². The molecule has 1 heterocycles. The van der Waals surface area contributed by atoms with Crippen molar-refractivity contribution in [3.05, 3.63) is 69.8 Å². The van der Waals surface area contributed by atoms with Gasteiger partial charge in [0.15, 0.2) is 0 Å². The molecule has 0 aromatic heterocycles. The van der Waals surface area contributed by atoms with E-state index in [2.05, 4.69) is 5.32 Å². The summed E-state index contributed by atoms with van der Waals surface area (Å²) in [6.45, 7) is 0.361. The van der Waals surface area contributed by atoms with Gasteiger partial charge in [0.1, 0.15) is 10.1 Å². The summed E-state index contributed by atoms with van der Waals surface area (Å²) >= 11 is 12.4. The minimum Gasteiger partial charge on any atom is -0.326 e. The van der Waals surface area contributed by atoms with Crippen LogP contribution < -0.4 is 5.32 Å². The van der Waals surface area contributed by atoms with Crippen molar-refractivity contribution in [3.8, 4) is 0 Å². The van der Waals surface area contributed by atoms with Crippen molar-refractivity contribution in [3.63, 3.8) is 0 Å². The van der Waals surface area contributed by atoms with Crippen molar-refractivity contribution in [2.24, 2.45) is 0 Å². The fourth-order valence-electron chi connectivity index (χ4n) is 2.56.